The number of sulfonamides is 2. The molecule has 17 heteroatoms. The third kappa shape index (κ3) is 8.81. The van der Waals surface area contributed by atoms with E-state index in [9.17, 15) is 30.4 Å². The van der Waals surface area contributed by atoms with Gasteiger partial charge in [0.1, 0.15) is 12.1 Å². The van der Waals surface area contributed by atoms with Crippen LogP contribution in [0.1, 0.15) is 49.3 Å². The quantitative estimate of drug-likeness (QED) is 0.179. The lowest BCUT2D eigenvalue weighted by Crippen LogP contribution is -2.48. The Balaban J connectivity index is 1.49. The van der Waals surface area contributed by atoms with E-state index in [1.165, 1.54) is 62.9 Å². The first-order chi connectivity index (χ1) is 23.2. The van der Waals surface area contributed by atoms with Crippen LogP contribution < -0.4 is 9.47 Å². The van der Waals surface area contributed by atoms with E-state index >= 15 is 0 Å². The molecule has 0 radical (unpaired) electrons. The molecule has 0 spiro atoms. The van der Waals surface area contributed by atoms with E-state index in [2.05, 4.69) is 9.72 Å². The van der Waals surface area contributed by atoms with E-state index < -0.39 is 44.8 Å². The molecule has 1 aromatic heterocycles. The zero-order valence-corrected chi connectivity index (χ0v) is 29.7. The number of carbonyl (C=O) groups excluding carboxylic acids is 1. The van der Waals surface area contributed by atoms with Gasteiger partial charge >= 0.3 is 12.6 Å². The molecule has 0 bridgehead atoms. The Hall–Kier alpha value is -3.08. The molecule has 0 N–H and O–H groups in total. The summed E-state index contributed by atoms with van der Waals surface area (Å²) in [6.07, 6.45) is 4.53. The molecule has 5 rings (SSSR count). The van der Waals surface area contributed by atoms with E-state index in [-0.39, 0.29) is 63.2 Å². The van der Waals surface area contributed by atoms with Crippen LogP contribution in [-0.2, 0) is 36.0 Å². The maximum absolute atomic E-state index is 14.0. The number of hydrogen-bond acceptors (Lipinski definition) is 9. The molecule has 1 aliphatic carbocycles. The molecule has 1 saturated heterocycles. The Morgan fingerprint density at radius 1 is 0.980 bits per heavy atom. The number of rotatable bonds is 14. The van der Waals surface area contributed by atoms with Gasteiger partial charge in [0.2, 0.25) is 20.0 Å². The number of esters is 1. The fourth-order valence-electron chi connectivity index (χ4n) is 5.36. The fraction of sp³-hybridized carbons (Fsp3) is 0.438. The zero-order chi connectivity index (χ0) is 35.5. The normalized spacial score (nSPS) is 18.0. The fourth-order valence-corrected chi connectivity index (χ4v) is 8.59. The molecule has 1 aliphatic heterocycles. The summed E-state index contributed by atoms with van der Waals surface area (Å²) in [6.45, 7) is -2.85. The van der Waals surface area contributed by atoms with Gasteiger partial charge in [-0.15, -0.1) is 0 Å². The van der Waals surface area contributed by atoms with Crippen molar-refractivity contribution in [1.82, 2.24) is 13.6 Å². The maximum atomic E-state index is 14.0. The number of carbonyl (C=O) groups is 1. The van der Waals surface area contributed by atoms with E-state index in [1.807, 2.05) is 0 Å². The highest BCUT2D eigenvalue weighted by Gasteiger charge is 2.40. The zero-order valence-electron chi connectivity index (χ0n) is 26.6. The summed E-state index contributed by atoms with van der Waals surface area (Å²) in [4.78, 5) is 17.4. The average Bonchev–Trinajstić information content (AvgIpc) is 3.90. The number of pyridine rings is 1. The minimum absolute atomic E-state index is 0.0156. The summed E-state index contributed by atoms with van der Waals surface area (Å²) in [7, 11) is -5.67. The number of alkyl halides is 2. The SMILES string of the molecule is CN(C)S(=O)(=O)c1cccc(S(=O)(=O)N2CCCCC2C(=O)OC(Cc2c(Cl)cncc2Cl)c2ccc(OC(F)F)c(OCC3CC3)c2)c1. The minimum atomic E-state index is -4.38. The molecule has 2 atom stereocenters. The van der Waals surface area contributed by atoms with Gasteiger partial charge in [0.05, 0.1) is 26.4 Å². The van der Waals surface area contributed by atoms with Crippen LogP contribution >= 0.6 is 23.2 Å². The van der Waals surface area contributed by atoms with Gasteiger partial charge in [0, 0.05) is 39.5 Å². The average molecular weight is 763 g/mol. The van der Waals surface area contributed by atoms with Gasteiger partial charge in [-0.2, -0.15) is 13.1 Å². The highest BCUT2D eigenvalue weighted by atomic mass is 35.5. The van der Waals surface area contributed by atoms with Gasteiger partial charge in [0.25, 0.3) is 0 Å². The highest BCUT2D eigenvalue weighted by Crippen LogP contribution is 2.39. The molecule has 3 aromatic rings. The largest absolute Gasteiger partial charge is 0.489 e. The first-order valence-electron chi connectivity index (χ1n) is 15.4. The number of nitrogens with zero attached hydrogens (tertiary/aromatic N) is 3. The second kappa shape index (κ2) is 15.4. The summed E-state index contributed by atoms with van der Waals surface area (Å²) in [5.41, 5.74) is 0.716. The van der Waals surface area contributed by atoms with Crippen LogP contribution in [0.2, 0.25) is 10.0 Å². The van der Waals surface area contributed by atoms with Crippen molar-refractivity contribution in [2.24, 2.45) is 5.92 Å². The molecule has 2 aromatic carbocycles. The highest BCUT2D eigenvalue weighted by molar-refractivity contribution is 7.90. The third-order valence-corrected chi connectivity index (χ3v) is 12.6. The lowest BCUT2D eigenvalue weighted by atomic mass is 10.0. The predicted molar refractivity (Wildman–Crippen MR) is 177 cm³/mol. The number of halogens is 4. The van der Waals surface area contributed by atoms with Crippen molar-refractivity contribution >= 4 is 49.2 Å². The third-order valence-electron chi connectivity index (χ3n) is 8.24. The first kappa shape index (κ1) is 37.2. The monoisotopic (exact) mass is 761 g/mol. The van der Waals surface area contributed by atoms with E-state index in [4.69, 9.17) is 32.7 Å². The number of hydrogen-bond donors (Lipinski definition) is 0. The van der Waals surface area contributed by atoms with E-state index in [0.717, 1.165) is 27.5 Å². The Morgan fingerprint density at radius 2 is 1.67 bits per heavy atom. The van der Waals surface area contributed by atoms with Gasteiger partial charge in [-0.3, -0.25) is 9.78 Å². The van der Waals surface area contributed by atoms with Crippen molar-refractivity contribution in [3.8, 4) is 11.5 Å². The lowest BCUT2D eigenvalue weighted by molar-refractivity contribution is -0.155. The van der Waals surface area contributed by atoms with Gasteiger partial charge < -0.3 is 14.2 Å². The first-order valence-corrected chi connectivity index (χ1v) is 19.1. The minimum Gasteiger partial charge on any atom is -0.489 e. The van der Waals surface area contributed by atoms with Crippen LogP contribution in [-0.4, -0.2) is 76.3 Å². The Kier molecular flexibility index (Phi) is 11.7. The van der Waals surface area contributed by atoms with Gasteiger partial charge in [0.15, 0.2) is 11.5 Å². The number of benzene rings is 2. The Labute approximate surface area is 294 Å². The molecule has 49 heavy (non-hydrogen) atoms. The Morgan fingerprint density at radius 3 is 2.33 bits per heavy atom. The molecule has 2 aliphatic rings. The Bertz CT molecular complexity index is 1880. The maximum Gasteiger partial charge on any atom is 0.387 e. The van der Waals surface area contributed by atoms with E-state index in [0.29, 0.717) is 24.0 Å². The molecule has 11 nitrogen and oxygen atoms in total. The smallest absolute Gasteiger partial charge is 0.387 e. The second-order valence-electron chi connectivity index (χ2n) is 11.9. The van der Waals surface area contributed by atoms with Gasteiger partial charge in [-0.05, 0) is 79.5 Å². The molecule has 2 fully saturated rings. The number of ether oxygens (including phenoxy) is 3. The molecule has 2 unspecified atom stereocenters. The van der Waals surface area contributed by atoms with Crippen molar-refractivity contribution in [3.63, 3.8) is 0 Å². The van der Waals surface area contributed by atoms with Crippen LogP contribution in [0.15, 0.2) is 64.6 Å². The molecule has 266 valence electrons. The molecular formula is C32H35Cl2F2N3O8S2. The molecule has 2 heterocycles. The van der Waals surface area contributed by atoms with Crippen LogP contribution in [0.3, 0.4) is 0 Å². The van der Waals surface area contributed by atoms with Crippen molar-refractivity contribution in [1.29, 1.82) is 0 Å². The van der Waals surface area contributed by atoms with Crippen LogP contribution in [0.5, 0.6) is 11.5 Å². The molecule has 0 amide bonds. The summed E-state index contributed by atoms with van der Waals surface area (Å²) < 4.78 is 98.4. The summed E-state index contributed by atoms with van der Waals surface area (Å²) in [5, 5.41) is 0.372. The van der Waals surface area contributed by atoms with Crippen molar-refractivity contribution in [3.05, 3.63) is 76.0 Å². The topological polar surface area (TPSA) is 132 Å². The van der Waals surface area contributed by atoms with Gasteiger partial charge in [-0.25, -0.2) is 21.1 Å². The van der Waals surface area contributed by atoms with Crippen molar-refractivity contribution in [2.45, 2.75) is 67.1 Å². The van der Waals surface area contributed by atoms with Gasteiger partial charge in [-0.1, -0.05) is 35.3 Å². The second-order valence-corrected chi connectivity index (χ2v) is 16.8. The van der Waals surface area contributed by atoms with E-state index in [1.54, 1.807) is 0 Å². The summed E-state index contributed by atoms with van der Waals surface area (Å²) >= 11 is 12.8. The van der Waals surface area contributed by atoms with Crippen molar-refractivity contribution in [2.75, 3.05) is 27.2 Å². The van der Waals surface area contributed by atoms with Crippen molar-refractivity contribution < 1.29 is 44.6 Å². The molecular weight excluding hydrogens is 727 g/mol. The summed E-state index contributed by atoms with van der Waals surface area (Å²) in [5.74, 6) is -0.770. The predicted octanol–water partition coefficient (Wildman–Crippen LogP) is 6.10. The molecule has 1 saturated carbocycles. The van der Waals surface area contributed by atoms with Crippen LogP contribution in [0, 0.1) is 5.92 Å². The number of piperidine rings is 1. The standard InChI is InChI=1S/C32H35Cl2F2N3O8S2/c1-38(2)48(41,42)22-6-5-7-23(15-22)49(43,44)39-13-4-3-8-27(39)31(40)46-29(16-24-25(33)17-37-18-26(24)34)21-11-12-28(47-32(35)36)30(14-21)45-19-20-9-10-20/h5-7,11-12,14-15,17-18,20,27,29,32H,3-4,8-10,13,16,19H2,1-2H3. The van der Waals surface area contributed by atoms with Crippen LogP contribution in [0.25, 0.3) is 0 Å². The lowest BCUT2D eigenvalue weighted by Gasteiger charge is -2.34. The van der Waals surface area contributed by atoms with Crippen LogP contribution in [0.4, 0.5) is 8.78 Å². The summed E-state index contributed by atoms with van der Waals surface area (Å²) in [6, 6.07) is 7.84. The number of aromatic nitrogens is 1.